The predicted octanol–water partition coefficient (Wildman–Crippen LogP) is 2.34. The fourth-order valence-corrected chi connectivity index (χ4v) is 7.71. The Hall–Kier alpha value is -1.30. The van der Waals surface area contributed by atoms with Gasteiger partial charge in [-0.2, -0.15) is 0 Å². The van der Waals surface area contributed by atoms with Gasteiger partial charge in [-0.3, -0.25) is 9.59 Å². The van der Waals surface area contributed by atoms with Crippen LogP contribution in [0, 0.1) is 27.6 Å². The summed E-state index contributed by atoms with van der Waals surface area (Å²) < 4.78 is 0. The fourth-order valence-electron chi connectivity index (χ4n) is 7.71. The van der Waals surface area contributed by atoms with Crippen molar-refractivity contribution in [2.45, 2.75) is 71.5 Å². The number of carbonyl (C=O) groups excluding carboxylic acids is 2. The minimum atomic E-state index is -1.62. The molecule has 0 aromatic heterocycles. The number of carbonyl (C=O) groups is 2. The van der Waals surface area contributed by atoms with Crippen LogP contribution in [-0.2, 0) is 9.59 Å². The van der Waals surface area contributed by atoms with Crippen molar-refractivity contribution in [3.05, 3.63) is 23.8 Å². The van der Waals surface area contributed by atoms with Crippen molar-refractivity contribution >= 4 is 11.6 Å². The molecule has 28 heavy (non-hydrogen) atoms. The predicted molar refractivity (Wildman–Crippen MR) is 104 cm³/mol. The molecular formula is C23H32O5. The number of aliphatic hydroxyl groups excluding tert-OH is 2. The van der Waals surface area contributed by atoms with Gasteiger partial charge in [-0.15, -0.1) is 0 Å². The van der Waals surface area contributed by atoms with Gasteiger partial charge < -0.3 is 15.3 Å². The van der Waals surface area contributed by atoms with Crippen molar-refractivity contribution in [2.24, 2.45) is 27.6 Å². The molecule has 0 unspecified atom stereocenters. The Labute approximate surface area is 166 Å². The van der Waals surface area contributed by atoms with Crippen molar-refractivity contribution in [2.75, 3.05) is 6.61 Å². The molecule has 0 saturated heterocycles. The third-order valence-electron chi connectivity index (χ3n) is 9.96. The number of allylic oxidation sites excluding steroid dienone is 4. The molecule has 5 nitrogen and oxygen atoms in total. The topological polar surface area (TPSA) is 94.8 Å². The number of hydrogen-bond donors (Lipinski definition) is 3. The fraction of sp³-hybridized carbons (Fsp3) is 0.739. The van der Waals surface area contributed by atoms with Gasteiger partial charge in [0, 0.05) is 16.2 Å². The lowest BCUT2D eigenvalue weighted by molar-refractivity contribution is -0.236. The van der Waals surface area contributed by atoms with Gasteiger partial charge in [0.15, 0.2) is 11.6 Å². The highest BCUT2D eigenvalue weighted by molar-refractivity contribution is 6.01. The molecule has 0 bridgehead atoms. The molecule has 0 amide bonds. The zero-order valence-electron chi connectivity index (χ0n) is 17.3. The zero-order chi connectivity index (χ0) is 20.8. The maximum atomic E-state index is 12.6. The molecule has 5 heteroatoms. The van der Waals surface area contributed by atoms with E-state index in [1.54, 1.807) is 12.2 Å². The molecule has 3 fully saturated rings. The summed E-state index contributed by atoms with van der Waals surface area (Å²) in [7, 11) is 0. The Kier molecular flexibility index (Phi) is 4.03. The van der Waals surface area contributed by atoms with E-state index in [1.807, 2.05) is 13.0 Å². The lowest BCUT2D eigenvalue weighted by Gasteiger charge is -2.69. The van der Waals surface area contributed by atoms with Crippen molar-refractivity contribution in [3.8, 4) is 0 Å². The van der Waals surface area contributed by atoms with Crippen LogP contribution in [0.1, 0.15) is 59.8 Å². The lowest BCUT2D eigenvalue weighted by atomic mass is 9.36. The highest BCUT2D eigenvalue weighted by Crippen LogP contribution is 2.76. The van der Waals surface area contributed by atoms with Crippen LogP contribution < -0.4 is 0 Å². The first-order valence-electron chi connectivity index (χ1n) is 10.4. The highest BCUT2D eigenvalue weighted by Gasteiger charge is 2.76. The Morgan fingerprint density at radius 2 is 1.89 bits per heavy atom. The summed E-state index contributed by atoms with van der Waals surface area (Å²) >= 11 is 0. The summed E-state index contributed by atoms with van der Waals surface area (Å²) in [5, 5.41) is 32.4. The van der Waals surface area contributed by atoms with Crippen molar-refractivity contribution in [1.82, 2.24) is 0 Å². The average Bonchev–Trinajstić information content (AvgIpc) is 2.85. The molecule has 3 N–H and O–H groups in total. The van der Waals surface area contributed by atoms with E-state index >= 15 is 0 Å². The SMILES string of the molecule is C[C@]12[C@@H](CCC3=CC(=O)C=C[C@@]31C)[C@]1(C)CC[C@](O)(C(=O)CO)[C@@]1(C)C[C@@H]2O. The van der Waals surface area contributed by atoms with Crippen LogP contribution in [0.4, 0.5) is 0 Å². The Bertz CT molecular complexity index is 814. The van der Waals surface area contributed by atoms with Crippen molar-refractivity contribution in [3.63, 3.8) is 0 Å². The van der Waals surface area contributed by atoms with E-state index in [0.29, 0.717) is 19.3 Å². The molecule has 0 spiro atoms. The first-order valence-corrected chi connectivity index (χ1v) is 10.4. The van der Waals surface area contributed by atoms with E-state index in [1.165, 1.54) is 0 Å². The second kappa shape index (κ2) is 5.65. The van der Waals surface area contributed by atoms with E-state index in [4.69, 9.17) is 0 Å². The molecule has 0 aliphatic heterocycles. The lowest BCUT2D eigenvalue weighted by Crippen LogP contribution is -2.69. The molecular weight excluding hydrogens is 356 g/mol. The molecule has 3 saturated carbocycles. The minimum Gasteiger partial charge on any atom is -0.392 e. The number of rotatable bonds is 2. The monoisotopic (exact) mass is 388 g/mol. The summed E-state index contributed by atoms with van der Waals surface area (Å²) in [5.74, 6) is -0.464. The first kappa shape index (κ1) is 20.0. The second-order valence-corrected chi connectivity index (χ2v) is 10.4. The smallest absolute Gasteiger partial charge is 0.190 e. The summed E-state index contributed by atoms with van der Waals surface area (Å²) in [4.78, 5) is 24.5. The highest BCUT2D eigenvalue weighted by atomic mass is 16.3. The van der Waals surface area contributed by atoms with Crippen LogP contribution in [0.5, 0.6) is 0 Å². The largest absolute Gasteiger partial charge is 0.392 e. The number of hydrogen-bond acceptors (Lipinski definition) is 5. The number of Topliss-reactive ketones (excluding diaryl/α,β-unsaturated/α-hetero) is 1. The van der Waals surface area contributed by atoms with Crippen LogP contribution in [0.15, 0.2) is 23.8 Å². The third kappa shape index (κ3) is 1.93. The van der Waals surface area contributed by atoms with E-state index < -0.39 is 40.3 Å². The standard InChI is InChI=1S/C23H32O5/c1-19-8-7-15(25)11-14(19)5-6-16-20(2)9-10-23(28,18(27)13-24)21(20,3)12-17(26)22(16,19)4/h7-8,11,16-17,24,26,28H,5-6,9-10,12-13H2,1-4H3/t16-,17-,19-,20-,21-,22+,23-/m0/s1. The van der Waals surface area contributed by atoms with Crippen LogP contribution in [0.3, 0.4) is 0 Å². The summed E-state index contributed by atoms with van der Waals surface area (Å²) in [6, 6.07) is 0. The van der Waals surface area contributed by atoms with Gasteiger partial charge in [0.05, 0.1) is 6.10 Å². The van der Waals surface area contributed by atoms with Crippen LogP contribution >= 0.6 is 0 Å². The first-order chi connectivity index (χ1) is 12.9. The maximum absolute atomic E-state index is 12.6. The van der Waals surface area contributed by atoms with Gasteiger partial charge in [0.2, 0.25) is 0 Å². The maximum Gasteiger partial charge on any atom is 0.190 e. The van der Waals surface area contributed by atoms with Gasteiger partial charge >= 0.3 is 0 Å². The van der Waals surface area contributed by atoms with Crippen LogP contribution in [0.25, 0.3) is 0 Å². The normalized spacial score (nSPS) is 52.5. The molecule has 7 atom stereocenters. The van der Waals surface area contributed by atoms with Crippen molar-refractivity contribution in [1.29, 1.82) is 0 Å². The molecule has 4 rings (SSSR count). The van der Waals surface area contributed by atoms with E-state index in [9.17, 15) is 24.9 Å². The van der Waals surface area contributed by atoms with Crippen LogP contribution in [0.2, 0.25) is 0 Å². The summed E-state index contributed by atoms with van der Waals surface area (Å²) in [6.07, 6.45) is 7.44. The molecule has 154 valence electrons. The number of aliphatic hydroxyl groups is 3. The van der Waals surface area contributed by atoms with E-state index in [2.05, 4.69) is 20.8 Å². The van der Waals surface area contributed by atoms with Gasteiger partial charge in [-0.1, -0.05) is 39.3 Å². The summed E-state index contributed by atoms with van der Waals surface area (Å²) in [5.41, 5.74) is -2.65. The van der Waals surface area contributed by atoms with E-state index in [0.717, 1.165) is 18.4 Å². The third-order valence-corrected chi connectivity index (χ3v) is 9.96. The Morgan fingerprint density at radius 1 is 1.21 bits per heavy atom. The van der Waals surface area contributed by atoms with E-state index in [-0.39, 0.29) is 17.1 Å². The zero-order valence-corrected chi connectivity index (χ0v) is 17.3. The summed E-state index contributed by atoms with van der Waals surface area (Å²) in [6.45, 7) is 7.62. The quantitative estimate of drug-likeness (QED) is 0.675. The average molecular weight is 389 g/mol. The molecule has 0 heterocycles. The van der Waals surface area contributed by atoms with Gasteiger partial charge in [-0.25, -0.2) is 0 Å². The molecule has 0 radical (unpaired) electrons. The minimum absolute atomic E-state index is 0.000316. The molecule has 0 aromatic rings. The Morgan fingerprint density at radius 3 is 2.54 bits per heavy atom. The molecule has 4 aliphatic carbocycles. The second-order valence-electron chi connectivity index (χ2n) is 10.4. The molecule has 4 aliphatic rings. The van der Waals surface area contributed by atoms with Gasteiger partial charge in [-0.05, 0) is 55.6 Å². The molecule has 0 aromatic carbocycles. The van der Waals surface area contributed by atoms with Gasteiger partial charge in [0.1, 0.15) is 12.2 Å². The van der Waals surface area contributed by atoms with Gasteiger partial charge in [0.25, 0.3) is 0 Å². The number of fused-ring (bicyclic) bond motifs is 5. The number of ketones is 2. The van der Waals surface area contributed by atoms with Crippen molar-refractivity contribution < 1.29 is 24.9 Å². The van der Waals surface area contributed by atoms with Crippen LogP contribution in [-0.4, -0.2) is 45.2 Å². The Balaban J connectivity index is 1.87.